The van der Waals surface area contributed by atoms with Crippen molar-refractivity contribution in [2.24, 2.45) is 0 Å². The van der Waals surface area contributed by atoms with Gasteiger partial charge in [0.1, 0.15) is 15.5 Å². The summed E-state index contributed by atoms with van der Waals surface area (Å²) < 4.78 is 5.10. The fourth-order valence-electron chi connectivity index (χ4n) is 3.58. The summed E-state index contributed by atoms with van der Waals surface area (Å²) in [5.74, 6) is 0.297. The summed E-state index contributed by atoms with van der Waals surface area (Å²) in [4.78, 5) is 35.9. The molecule has 3 rings (SSSR count). The van der Waals surface area contributed by atoms with Crippen molar-refractivity contribution in [3.05, 3.63) is 26.6 Å². The SMILES string of the molecule is CCOC(=O)c1sc2nc(C(C)N3CCCCCCC3)[nH]c(=O)c2c1C. The summed E-state index contributed by atoms with van der Waals surface area (Å²) in [7, 11) is 0. The van der Waals surface area contributed by atoms with Gasteiger partial charge in [-0.15, -0.1) is 11.3 Å². The summed E-state index contributed by atoms with van der Waals surface area (Å²) in [5, 5.41) is 0.502. The Morgan fingerprint density at radius 3 is 2.58 bits per heavy atom. The molecule has 1 unspecified atom stereocenters. The van der Waals surface area contributed by atoms with E-state index in [1.54, 1.807) is 13.8 Å². The number of aromatic nitrogens is 2. The van der Waals surface area contributed by atoms with Crippen LogP contribution in [0.2, 0.25) is 0 Å². The average molecular weight is 378 g/mol. The first-order chi connectivity index (χ1) is 12.5. The van der Waals surface area contributed by atoms with Gasteiger partial charge in [0.05, 0.1) is 18.0 Å². The van der Waals surface area contributed by atoms with Crippen molar-refractivity contribution in [2.75, 3.05) is 19.7 Å². The van der Waals surface area contributed by atoms with Gasteiger partial charge in [-0.1, -0.05) is 19.3 Å². The van der Waals surface area contributed by atoms with E-state index in [4.69, 9.17) is 9.72 Å². The molecule has 0 bridgehead atoms. The Bertz CT molecular complexity index is 834. The molecule has 2 aromatic heterocycles. The van der Waals surface area contributed by atoms with Gasteiger partial charge in [-0.2, -0.15) is 0 Å². The average Bonchev–Trinajstić information content (AvgIpc) is 2.91. The number of carbonyl (C=O) groups excluding carboxylic acids is 1. The van der Waals surface area contributed by atoms with Crippen molar-refractivity contribution in [1.29, 1.82) is 0 Å². The molecule has 7 heteroatoms. The smallest absolute Gasteiger partial charge is 0.348 e. The molecule has 0 aromatic carbocycles. The van der Waals surface area contributed by atoms with E-state index in [0.717, 1.165) is 13.1 Å². The maximum Gasteiger partial charge on any atom is 0.348 e. The molecular weight excluding hydrogens is 350 g/mol. The number of esters is 1. The summed E-state index contributed by atoms with van der Waals surface area (Å²) in [5.41, 5.74) is 0.482. The standard InChI is InChI=1S/C19H27N3O3S/c1-4-25-19(24)15-12(2)14-17(23)20-16(21-18(14)26-15)13(3)22-10-8-6-5-7-9-11-22/h13H,4-11H2,1-3H3,(H,20,21,23). The molecule has 0 radical (unpaired) electrons. The van der Waals surface area contributed by atoms with E-state index in [9.17, 15) is 9.59 Å². The number of nitrogens with zero attached hydrogens (tertiary/aromatic N) is 2. The van der Waals surface area contributed by atoms with Crippen LogP contribution < -0.4 is 5.56 Å². The highest BCUT2D eigenvalue weighted by Crippen LogP contribution is 2.29. The third-order valence-corrected chi connectivity index (χ3v) is 6.28. The zero-order valence-corrected chi connectivity index (χ0v) is 16.6. The van der Waals surface area contributed by atoms with E-state index >= 15 is 0 Å². The molecule has 0 spiro atoms. The van der Waals surface area contributed by atoms with Crippen molar-refractivity contribution in [2.45, 2.75) is 58.9 Å². The van der Waals surface area contributed by atoms with Gasteiger partial charge < -0.3 is 9.72 Å². The number of likely N-dealkylation sites (tertiary alicyclic amines) is 1. The van der Waals surface area contributed by atoms with Crippen LogP contribution in [-0.2, 0) is 4.74 Å². The molecule has 26 heavy (non-hydrogen) atoms. The Kier molecular flexibility index (Phi) is 6.09. The molecule has 6 nitrogen and oxygen atoms in total. The van der Waals surface area contributed by atoms with Gasteiger partial charge in [-0.3, -0.25) is 9.69 Å². The van der Waals surface area contributed by atoms with Crippen LogP contribution in [0.1, 0.15) is 73.1 Å². The largest absolute Gasteiger partial charge is 0.462 e. The molecule has 0 amide bonds. The summed E-state index contributed by atoms with van der Waals surface area (Å²) >= 11 is 1.25. The number of carbonyl (C=O) groups is 1. The van der Waals surface area contributed by atoms with Crippen molar-refractivity contribution in [3.8, 4) is 0 Å². The molecule has 1 aliphatic heterocycles. The monoisotopic (exact) mass is 377 g/mol. The van der Waals surface area contributed by atoms with E-state index in [-0.39, 0.29) is 17.6 Å². The minimum Gasteiger partial charge on any atom is -0.462 e. The van der Waals surface area contributed by atoms with Crippen LogP contribution >= 0.6 is 11.3 Å². The Labute approximate surface area is 157 Å². The normalized spacial score (nSPS) is 17.7. The number of thiophene rings is 1. The zero-order valence-electron chi connectivity index (χ0n) is 15.8. The second-order valence-corrected chi connectivity index (χ2v) is 7.89. The molecule has 3 heterocycles. The molecule has 0 aliphatic carbocycles. The quantitative estimate of drug-likeness (QED) is 0.820. The zero-order chi connectivity index (χ0) is 18.7. The Balaban J connectivity index is 1.94. The second-order valence-electron chi connectivity index (χ2n) is 6.89. The molecule has 0 saturated carbocycles. The molecular formula is C19H27N3O3S. The van der Waals surface area contributed by atoms with E-state index in [1.807, 2.05) is 0 Å². The predicted molar refractivity (Wildman–Crippen MR) is 104 cm³/mol. The molecule has 142 valence electrons. The van der Waals surface area contributed by atoms with E-state index < -0.39 is 0 Å². The fraction of sp³-hybridized carbons (Fsp3) is 0.632. The summed E-state index contributed by atoms with van der Waals surface area (Å²) in [6.45, 7) is 8.02. The Morgan fingerprint density at radius 2 is 1.92 bits per heavy atom. The van der Waals surface area contributed by atoms with Gasteiger partial charge in [-0.25, -0.2) is 9.78 Å². The molecule has 2 aromatic rings. The first-order valence-corrected chi connectivity index (χ1v) is 10.3. The van der Waals surface area contributed by atoms with Gasteiger partial charge in [-0.05, 0) is 52.3 Å². The topological polar surface area (TPSA) is 75.3 Å². The highest BCUT2D eigenvalue weighted by Gasteiger charge is 2.23. The van der Waals surface area contributed by atoms with Crippen LogP contribution in [0, 0.1) is 6.92 Å². The first-order valence-electron chi connectivity index (χ1n) is 9.47. The van der Waals surface area contributed by atoms with Crippen molar-refractivity contribution < 1.29 is 9.53 Å². The van der Waals surface area contributed by atoms with Crippen molar-refractivity contribution in [3.63, 3.8) is 0 Å². The maximum atomic E-state index is 12.7. The van der Waals surface area contributed by atoms with Gasteiger partial charge in [0.15, 0.2) is 0 Å². The predicted octanol–water partition coefficient (Wildman–Crippen LogP) is 3.80. The Hall–Kier alpha value is -1.73. The van der Waals surface area contributed by atoms with Crippen LogP contribution in [0.4, 0.5) is 0 Å². The van der Waals surface area contributed by atoms with E-state index in [0.29, 0.717) is 33.1 Å². The third-order valence-electron chi connectivity index (χ3n) is 5.11. The van der Waals surface area contributed by atoms with E-state index in [2.05, 4.69) is 16.8 Å². The molecule has 1 atom stereocenters. The molecule has 1 fully saturated rings. The van der Waals surface area contributed by atoms with Gasteiger partial charge >= 0.3 is 5.97 Å². The second kappa shape index (κ2) is 8.31. The summed E-state index contributed by atoms with van der Waals surface area (Å²) in [6, 6.07) is 0.0543. The summed E-state index contributed by atoms with van der Waals surface area (Å²) in [6.07, 6.45) is 6.21. The number of H-pyrrole nitrogens is 1. The van der Waals surface area contributed by atoms with Crippen LogP contribution in [0.15, 0.2) is 4.79 Å². The minimum atomic E-state index is -0.384. The van der Waals surface area contributed by atoms with Crippen LogP contribution in [0.5, 0.6) is 0 Å². The number of ether oxygens (including phenoxy) is 1. The number of hydrogen-bond acceptors (Lipinski definition) is 6. The highest BCUT2D eigenvalue weighted by atomic mass is 32.1. The number of rotatable bonds is 4. The number of nitrogens with one attached hydrogen (secondary N) is 1. The van der Waals surface area contributed by atoms with Crippen LogP contribution in [-0.4, -0.2) is 40.5 Å². The lowest BCUT2D eigenvalue weighted by Crippen LogP contribution is -2.32. The molecule has 1 saturated heterocycles. The number of fused-ring (bicyclic) bond motifs is 1. The Morgan fingerprint density at radius 1 is 1.27 bits per heavy atom. The lowest BCUT2D eigenvalue weighted by molar-refractivity contribution is 0.0531. The van der Waals surface area contributed by atoms with Gasteiger partial charge in [0, 0.05) is 0 Å². The molecule has 1 aliphatic rings. The number of aromatic amines is 1. The van der Waals surface area contributed by atoms with Crippen LogP contribution in [0.25, 0.3) is 10.2 Å². The van der Waals surface area contributed by atoms with E-state index in [1.165, 1.54) is 43.4 Å². The van der Waals surface area contributed by atoms with Gasteiger partial charge in [0.25, 0.3) is 5.56 Å². The van der Waals surface area contributed by atoms with Crippen LogP contribution in [0.3, 0.4) is 0 Å². The van der Waals surface area contributed by atoms with Gasteiger partial charge in [0.2, 0.25) is 0 Å². The highest BCUT2D eigenvalue weighted by molar-refractivity contribution is 7.20. The fourth-order valence-corrected chi connectivity index (χ4v) is 4.66. The molecule has 1 N–H and O–H groups in total. The first kappa shape index (κ1) is 19.0. The van der Waals surface area contributed by atoms with Crippen molar-refractivity contribution in [1.82, 2.24) is 14.9 Å². The lowest BCUT2D eigenvalue weighted by Gasteiger charge is -2.29. The number of aryl methyl sites for hydroxylation is 1. The lowest BCUT2D eigenvalue weighted by atomic mass is 10.1. The third kappa shape index (κ3) is 3.83. The minimum absolute atomic E-state index is 0.0543. The number of hydrogen-bond donors (Lipinski definition) is 1. The maximum absolute atomic E-state index is 12.7. The van der Waals surface area contributed by atoms with Crippen molar-refractivity contribution >= 4 is 27.5 Å².